The first-order valence-electron chi connectivity index (χ1n) is 10.9. The topological polar surface area (TPSA) is 52.7 Å². The van der Waals surface area contributed by atoms with Crippen LogP contribution in [-0.2, 0) is 16.1 Å². The summed E-state index contributed by atoms with van der Waals surface area (Å²) >= 11 is 0. The number of likely N-dealkylation sites (tertiary alicyclic amines) is 1. The molecule has 3 aliphatic rings. The summed E-state index contributed by atoms with van der Waals surface area (Å²) in [6.07, 6.45) is 4.10. The van der Waals surface area contributed by atoms with E-state index in [1.54, 1.807) is 0 Å². The third kappa shape index (κ3) is 4.24. The predicted octanol–water partition coefficient (Wildman–Crippen LogP) is 2.76. The van der Waals surface area contributed by atoms with Crippen LogP contribution >= 0.6 is 0 Å². The fourth-order valence-corrected chi connectivity index (χ4v) is 5.32. The van der Waals surface area contributed by atoms with Crippen LogP contribution in [0.2, 0.25) is 0 Å². The van der Waals surface area contributed by atoms with Gasteiger partial charge in [-0.25, -0.2) is 0 Å². The van der Waals surface area contributed by atoms with Crippen molar-refractivity contribution in [1.29, 1.82) is 0 Å². The Kier molecular flexibility index (Phi) is 5.72. The molecule has 152 valence electrons. The Morgan fingerprint density at radius 1 is 1.18 bits per heavy atom. The monoisotopic (exact) mass is 383 g/mol. The zero-order valence-electron chi connectivity index (χ0n) is 17.2. The van der Waals surface area contributed by atoms with Crippen molar-refractivity contribution in [2.45, 2.75) is 58.0 Å². The number of hydrogen-bond acceptors (Lipinski definition) is 3. The molecule has 0 spiro atoms. The molecule has 1 aromatic carbocycles. The zero-order chi connectivity index (χ0) is 19.7. The summed E-state index contributed by atoms with van der Waals surface area (Å²) in [7, 11) is 0. The molecule has 0 aromatic heterocycles. The van der Waals surface area contributed by atoms with Gasteiger partial charge >= 0.3 is 0 Å². The van der Waals surface area contributed by atoms with Gasteiger partial charge in [-0.1, -0.05) is 38.1 Å². The SMILES string of the molecule is CC(C)c1ccc(CNC(=O)CN2C[C@H]3C[C@H](C2)[C@H]2CCCC(=O)N2C3)cc1. The lowest BCUT2D eigenvalue weighted by Gasteiger charge is -2.52. The molecule has 5 heteroatoms. The predicted molar refractivity (Wildman–Crippen MR) is 110 cm³/mol. The van der Waals surface area contributed by atoms with Crippen molar-refractivity contribution in [2.75, 3.05) is 26.2 Å². The van der Waals surface area contributed by atoms with E-state index >= 15 is 0 Å². The van der Waals surface area contributed by atoms with Gasteiger partial charge in [-0.3, -0.25) is 14.5 Å². The van der Waals surface area contributed by atoms with Crippen LogP contribution in [0.15, 0.2) is 24.3 Å². The second-order valence-corrected chi connectivity index (χ2v) is 9.23. The highest BCUT2D eigenvalue weighted by Crippen LogP contribution is 2.37. The third-order valence-corrected chi connectivity index (χ3v) is 6.76. The van der Waals surface area contributed by atoms with Crippen LogP contribution < -0.4 is 5.32 Å². The van der Waals surface area contributed by atoms with E-state index in [0.717, 1.165) is 44.5 Å². The van der Waals surface area contributed by atoms with Crippen molar-refractivity contribution < 1.29 is 9.59 Å². The Labute approximate surface area is 168 Å². The number of fused-ring (bicyclic) bond motifs is 4. The molecule has 3 saturated heterocycles. The molecule has 3 fully saturated rings. The molecule has 1 N–H and O–H groups in total. The first kappa shape index (κ1) is 19.4. The van der Waals surface area contributed by atoms with E-state index < -0.39 is 0 Å². The van der Waals surface area contributed by atoms with Gasteiger partial charge < -0.3 is 10.2 Å². The number of benzene rings is 1. The van der Waals surface area contributed by atoms with Crippen molar-refractivity contribution in [3.8, 4) is 0 Å². The van der Waals surface area contributed by atoms with Gasteiger partial charge in [-0.05, 0) is 48.1 Å². The summed E-state index contributed by atoms with van der Waals surface area (Å²) in [5, 5.41) is 3.08. The van der Waals surface area contributed by atoms with Gasteiger partial charge in [0.05, 0.1) is 6.54 Å². The van der Waals surface area contributed by atoms with E-state index in [1.165, 1.54) is 12.0 Å². The van der Waals surface area contributed by atoms with E-state index in [1.807, 2.05) is 0 Å². The van der Waals surface area contributed by atoms with Crippen LogP contribution in [0.5, 0.6) is 0 Å². The molecule has 3 atom stereocenters. The lowest BCUT2D eigenvalue weighted by molar-refractivity contribution is -0.145. The Bertz CT molecular complexity index is 715. The van der Waals surface area contributed by atoms with Crippen molar-refractivity contribution in [2.24, 2.45) is 11.8 Å². The summed E-state index contributed by atoms with van der Waals surface area (Å²) in [6, 6.07) is 8.91. The minimum absolute atomic E-state index is 0.101. The van der Waals surface area contributed by atoms with E-state index in [0.29, 0.717) is 42.8 Å². The second kappa shape index (κ2) is 8.24. The van der Waals surface area contributed by atoms with Gasteiger partial charge in [0.1, 0.15) is 0 Å². The fourth-order valence-electron chi connectivity index (χ4n) is 5.32. The lowest BCUT2D eigenvalue weighted by atomic mass is 9.76. The van der Waals surface area contributed by atoms with Gasteiger partial charge in [0.25, 0.3) is 0 Å². The maximum atomic E-state index is 12.5. The van der Waals surface area contributed by atoms with Crippen LogP contribution in [-0.4, -0.2) is 53.8 Å². The Hall–Kier alpha value is -1.88. The molecule has 5 nitrogen and oxygen atoms in total. The minimum atomic E-state index is 0.101. The van der Waals surface area contributed by atoms with Crippen LogP contribution in [0.25, 0.3) is 0 Å². The summed E-state index contributed by atoms with van der Waals surface area (Å²) in [5.41, 5.74) is 2.47. The molecule has 2 bridgehead atoms. The van der Waals surface area contributed by atoms with Crippen molar-refractivity contribution in [3.05, 3.63) is 35.4 Å². The molecule has 0 aliphatic carbocycles. The van der Waals surface area contributed by atoms with Gasteiger partial charge in [-0.2, -0.15) is 0 Å². The summed E-state index contributed by atoms with van der Waals surface area (Å²) in [6.45, 7) is 8.20. The molecule has 0 radical (unpaired) electrons. The number of nitrogens with one attached hydrogen (secondary N) is 1. The molecular weight excluding hydrogens is 350 g/mol. The maximum Gasteiger partial charge on any atom is 0.234 e. The number of piperidine rings is 3. The highest BCUT2D eigenvalue weighted by Gasteiger charge is 2.43. The quantitative estimate of drug-likeness (QED) is 0.851. The van der Waals surface area contributed by atoms with Crippen LogP contribution in [0.4, 0.5) is 0 Å². The zero-order valence-corrected chi connectivity index (χ0v) is 17.2. The van der Waals surface area contributed by atoms with Gasteiger partial charge in [0.2, 0.25) is 11.8 Å². The highest BCUT2D eigenvalue weighted by atomic mass is 16.2. The van der Waals surface area contributed by atoms with Crippen LogP contribution in [0.3, 0.4) is 0 Å². The highest BCUT2D eigenvalue weighted by molar-refractivity contribution is 5.78. The Morgan fingerprint density at radius 3 is 2.71 bits per heavy atom. The second-order valence-electron chi connectivity index (χ2n) is 9.23. The Balaban J connectivity index is 1.28. The summed E-state index contributed by atoms with van der Waals surface area (Å²) in [4.78, 5) is 29.2. The number of hydrogen-bond donors (Lipinski definition) is 1. The summed E-state index contributed by atoms with van der Waals surface area (Å²) < 4.78 is 0. The molecular formula is C23H33N3O2. The van der Waals surface area contributed by atoms with Gasteiger partial charge in [0.15, 0.2) is 0 Å². The molecule has 4 rings (SSSR count). The summed E-state index contributed by atoms with van der Waals surface area (Å²) in [5.74, 6) is 2.03. The number of carbonyl (C=O) groups is 2. The average Bonchev–Trinajstić information content (AvgIpc) is 2.67. The number of rotatable bonds is 5. The number of nitrogens with zero attached hydrogens (tertiary/aromatic N) is 2. The van der Waals surface area contributed by atoms with Gasteiger partial charge in [0, 0.05) is 38.6 Å². The van der Waals surface area contributed by atoms with Crippen molar-refractivity contribution in [1.82, 2.24) is 15.1 Å². The maximum absolute atomic E-state index is 12.5. The molecule has 0 saturated carbocycles. The van der Waals surface area contributed by atoms with E-state index in [4.69, 9.17) is 0 Å². The van der Waals surface area contributed by atoms with E-state index in [2.05, 4.69) is 53.2 Å². The first-order valence-corrected chi connectivity index (χ1v) is 10.9. The van der Waals surface area contributed by atoms with Crippen LogP contribution in [0.1, 0.15) is 56.6 Å². The molecule has 3 heterocycles. The molecule has 2 amide bonds. The molecule has 1 aromatic rings. The van der Waals surface area contributed by atoms with Gasteiger partial charge in [-0.15, -0.1) is 0 Å². The standard InChI is InChI=1S/C23H33N3O2/c1-16(2)19-8-6-17(7-9-19)11-24-22(27)15-25-12-18-10-20(14-25)21-4-3-5-23(28)26(21)13-18/h6-9,16,18,20-21H,3-5,10-15H2,1-2H3,(H,24,27)/t18-,20-,21-/m1/s1. The Morgan fingerprint density at radius 2 is 1.96 bits per heavy atom. The van der Waals surface area contributed by atoms with Crippen LogP contribution in [0, 0.1) is 11.8 Å². The lowest BCUT2D eigenvalue weighted by Crippen LogP contribution is -2.61. The van der Waals surface area contributed by atoms with E-state index in [-0.39, 0.29) is 5.91 Å². The molecule has 3 aliphatic heterocycles. The third-order valence-electron chi connectivity index (χ3n) is 6.76. The normalized spacial score (nSPS) is 27.6. The average molecular weight is 384 g/mol. The molecule has 28 heavy (non-hydrogen) atoms. The fraction of sp³-hybridized carbons (Fsp3) is 0.652. The van der Waals surface area contributed by atoms with Crippen molar-refractivity contribution in [3.63, 3.8) is 0 Å². The first-order chi connectivity index (χ1) is 13.5. The van der Waals surface area contributed by atoms with Crippen molar-refractivity contribution >= 4 is 11.8 Å². The van der Waals surface area contributed by atoms with E-state index in [9.17, 15) is 9.59 Å². The smallest absolute Gasteiger partial charge is 0.234 e. The largest absolute Gasteiger partial charge is 0.351 e. The number of amides is 2. The molecule has 0 unspecified atom stereocenters. The number of carbonyl (C=O) groups excluding carboxylic acids is 2. The minimum Gasteiger partial charge on any atom is -0.351 e.